The van der Waals surface area contributed by atoms with Crippen LogP contribution < -0.4 is 0 Å². The zero-order valence-electron chi connectivity index (χ0n) is 24.0. The van der Waals surface area contributed by atoms with Crippen LogP contribution >= 0.6 is 0 Å². The second-order valence-electron chi connectivity index (χ2n) is 8.42. The zero-order chi connectivity index (χ0) is 29.2. The number of hydrogen-bond donors (Lipinski definition) is 0. The molecule has 0 aliphatic rings. The summed E-state index contributed by atoms with van der Waals surface area (Å²) < 4.78 is 90.2. The molecule has 0 aliphatic heterocycles. The van der Waals surface area contributed by atoms with Crippen molar-refractivity contribution in [2.24, 2.45) is 5.41 Å². The fourth-order valence-electron chi connectivity index (χ4n) is 2.88. The van der Waals surface area contributed by atoms with Crippen LogP contribution in [0.4, 0.5) is 22.3 Å². The Balaban J connectivity index is -0.000000635. The molecular formula is C26H53F5O7. The largest absolute Gasteiger partial charge is 0.381 e. The van der Waals surface area contributed by atoms with Gasteiger partial charge in [-0.2, -0.15) is 0 Å². The molecule has 0 aromatic heterocycles. The van der Waals surface area contributed by atoms with Crippen LogP contribution in [0.1, 0.15) is 53.4 Å². The van der Waals surface area contributed by atoms with Crippen molar-refractivity contribution in [2.45, 2.75) is 59.5 Å². The van der Waals surface area contributed by atoms with E-state index in [9.17, 15) is 13.2 Å². The van der Waals surface area contributed by atoms with Gasteiger partial charge in [-0.25, -0.2) is 13.2 Å². The molecule has 0 unspecified atom stereocenters. The standard InChI is InChI=1S/C15H30F2O4.C11H23FO3.F2/c1-3-7-18-11-15(12-19-8-4-2,13-20-9-5-16)14-21-10-6-17;1-3-6-13-9-11(15-8-5-12)10-14-7-4-2;1-2/h3-14H2,1-2H3;11H,3-10H2,1-2H3;. The third kappa shape index (κ3) is 29.9. The van der Waals surface area contributed by atoms with E-state index in [4.69, 9.17) is 42.3 Å². The molecule has 0 amide bonds. The van der Waals surface area contributed by atoms with Gasteiger partial charge in [-0.05, 0) is 25.7 Å². The van der Waals surface area contributed by atoms with Crippen molar-refractivity contribution in [3.05, 3.63) is 0 Å². The molecule has 38 heavy (non-hydrogen) atoms. The molecule has 0 heterocycles. The molecule has 0 atom stereocenters. The van der Waals surface area contributed by atoms with Crippen LogP contribution in [0.25, 0.3) is 0 Å². The van der Waals surface area contributed by atoms with Crippen molar-refractivity contribution < 1.29 is 55.5 Å². The normalized spacial score (nSPS) is 11.2. The molecule has 0 spiro atoms. The van der Waals surface area contributed by atoms with Gasteiger partial charge in [0, 0.05) is 35.6 Å². The van der Waals surface area contributed by atoms with Gasteiger partial charge in [0.2, 0.25) is 0 Å². The fraction of sp³-hybridized carbons (Fsp3) is 1.00. The van der Waals surface area contributed by atoms with E-state index in [0.717, 1.165) is 25.7 Å². The highest BCUT2D eigenvalue weighted by Crippen LogP contribution is 2.21. The highest BCUT2D eigenvalue weighted by Gasteiger charge is 2.32. The van der Waals surface area contributed by atoms with Crippen LogP contribution in [0, 0.1) is 5.41 Å². The molecule has 0 aromatic rings. The molecule has 234 valence electrons. The molecule has 12 heteroatoms. The average molecular weight is 573 g/mol. The molecule has 7 nitrogen and oxygen atoms in total. The van der Waals surface area contributed by atoms with Crippen molar-refractivity contribution in [1.82, 2.24) is 0 Å². The molecule has 0 aromatic carbocycles. The zero-order valence-corrected chi connectivity index (χ0v) is 24.0. The van der Waals surface area contributed by atoms with E-state index >= 15 is 0 Å². The van der Waals surface area contributed by atoms with Gasteiger partial charge in [-0.15, -0.1) is 0 Å². The van der Waals surface area contributed by atoms with Crippen LogP contribution in [-0.4, -0.2) is 112 Å². The Labute approximate surface area is 226 Å². The summed E-state index contributed by atoms with van der Waals surface area (Å²) in [5, 5.41) is 0. The Bertz CT molecular complexity index is 361. The predicted molar refractivity (Wildman–Crippen MR) is 138 cm³/mol. The molecule has 0 saturated heterocycles. The average Bonchev–Trinajstić information content (AvgIpc) is 2.93. The second-order valence-corrected chi connectivity index (χ2v) is 8.42. The lowest BCUT2D eigenvalue weighted by molar-refractivity contribution is -0.108. The molecule has 0 radical (unpaired) electrons. The summed E-state index contributed by atoms with van der Waals surface area (Å²) in [7, 11) is 0. The number of alkyl halides is 3. The third-order valence-electron chi connectivity index (χ3n) is 4.51. The monoisotopic (exact) mass is 572 g/mol. The summed E-state index contributed by atoms with van der Waals surface area (Å²) in [5.41, 5.74) is -0.519. The lowest BCUT2D eigenvalue weighted by atomic mass is 9.92. The smallest absolute Gasteiger partial charge is 0.113 e. The number of halogens is 5. The van der Waals surface area contributed by atoms with E-state index in [1.54, 1.807) is 0 Å². The number of rotatable bonds is 27. The third-order valence-corrected chi connectivity index (χ3v) is 4.51. The van der Waals surface area contributed by atoms with E-state index in [0.29, 0.717) is 52.9 Å². The fourth-order valence-corrected chi connectivity index (χ4v) is 2.88. The quantitative estimate of drug-likeness (QED) is 0.0906. The highest BCUT2D eigenvalue weighted by atomic mass is 20.0. The van der Waals surface area contributed by atoms with Crippen LogP contribution in [0.15, 0.2) is 0 Å². The number of ether oxygens (including phenoxy) is 7. The molecule has 0 saturated carbocycles. The van der Waals surface area contributed by atoms with Crippen molar-refractivity contribution >= 4 is 0 Å². The number of hydrogen-bond acceptors (Lipinski definition) is 7. The van der Waals surface area contributed by atoms with E-state index in [1.807, 2.05) is 27.7 Å². The minimum atomic E-state index is -0.535. The maximum Gasteiger partial charge on any atom is 0.113 e. The topological polar surface area (TPSA) is 64.6 Å². The van der Waals surface area contributed by atoms with E-state index in [1.165, 1.54) is 0 Å². The van der Waals surface area contributed by atoms with Gasteiger partial charge >= 0.3 is 0 Å². The van der Waals surface area contributed by atoms with Gasteiger partial charge in [0.25, 0.3) is 0 Å². The molecule has 0 bridgehead atoms. The molecule has 0 rings (SSSR count). The Morgan fingerprint density at radius 3 is 1.11 bits per heavy atom. The highest BCUT2D eigenvalue weighted by molar-refractivity contribution is 4.79. The van der Waals surface area contributed by atoms with E-state index in [2.05, 4.69) is 0 Å². The summed E-state index contributed by atoms with van der Waals surface area (Å²) in [4.78, 5) is 0. The molecule has 0 aliphatic carbocycles. The maximum absolute atomic E-state index is 12.2. The van der Waals surface area contributed by atoms with Gasteiger partial charge in [0.1, 0.15) is 26.1 Å². The molecule has 0 N–H and O–H groups in total. The van der Waals surface area contributed by atoms with Gasteiger partial charge < -0.3 is 33.2 Å². The first kappa shape index (κ1) is 41.8. The Morgan fingerprint density at radius 2 is 0.789 bits per heavy atom. The lowest BCUT2D eigenvalue weighted by Crippen LogP contribution is -2.42. The van der Waals surface area contributed by atoms with Gasteiger partial charge in [0.05, 0.1) is 64.9 Å². The Hall–Kier alpha value is -0.630. The Morgan fingerprint density at radius 1 is 0.474 bits per heavy atom. The van der Waals surface area contributed by atoms with Crippen LogP contribution in [0.3, 0.4) is 0 Å². The van der Waals surface area contributed by atoms with Crippen LogP contribution in [0.2, 0.25) is 0 Å². The van der Waals surface area contributed by atoms with Crippen molar-refractivity contribution in [3.8, 4) is 0 Å². The lowest BCUT2D eigenvalue weighted by Gasteiger charge is -2.32. The first-order valence-corrected chi connectivity index (χ1v) is 13.5. The summed E-state index contributed by atoms with van der Waals surface area (Å²) in [6.07, 6.45) is 3.63. The van der Waals surface area contributed by atoms with Crippen molar-refractivity contribution in [3.63, 3.8) is 0 Å². The first-order valence-electron chi connectivity index (χ1n) is 13.5. The minimum absolute atomic E-state index is 0.0341. The van der Waals surface area contributed by atoms with Gasteiger partial charge in [0.15, 0.2) is 0 Å². The summed E-state index contributed by atoms with van der Waals surface area (Å²) in [6.45, 7) is 11.8. The van der Waals surface area contributed by atoms with Crippen LogP contribution in [0.5, 0.6) is 0 Å². The molecule has 0 fully saturated rings. The van der Waals surface area contributed by atoms with Gasteiger partial charge in [-0.1, -0.05) is 27.7 Å². The van der Waals surface area contributed by atoms with Crippen molar-refractivity contribution in [2.75, 3.05) is 106 Å². The summed E-state index contributed by atoms with van der Waals surface area (Å²) in [6, 6.07) is 0. The van der Waals surface area contributed by atoms with Crippen molar-refractivity contribution in [1.29, 1.82) is 0 Å². The Kier molecular flexibility index (Phi) is 40.1. The van der Waals surface area contributed by atoms with E-state index < -0.39 is 25.4 Å². The molecular weight excluding hydrogens is 519 g/mol. The minimum Gasteiger partial charge on any atom is -0.381 e. The van der Waals surface area contributed by atoms with Crippen LogP contribution in [-0.2, 0) is 33.2 Å². The summed E-state index contributed by atoms with van der Waals surface area (Å²) >= 11 is 0. The van der Waals surface area contributed by atoms with E-state index in [-0.39, 0.29) is 39.1 Å². The maximum atomic E-state index is 12.2. The summed E-state index contributed by atoms with van der Waals surface area (Å²) in [5.74, 6) is 0. The second kappa shape index (κ2) is 36.4. The SMILES string of the molecule is CCCOCC(COCCC)(COCCF)COCCF.CCCOCC(COCCC)OCCF.FF. The predicted octanol–water partition coefficient (Wildman–Crippen LogP) is 5.83. The first-order chi connectivity index (χ1) is 18.6. The van der Waals surface area contributed by atoms with Gasteiger partial charge in [-0.3, -0.25) is 0 Å².